The lowest BCUT2D eigenvalue weighted by Gasteiger charge is -2.17. The monoisotopic (exact) mass is 439 g/mol. The van der Waals surface area contributed by atoms with Crippen molar-refractivity contribution in [3.8, 4) is 16.9 Å². The number of carbonyl (C=O) groups is 1. The Morgan fingerprint density at radius 2 is 2.03 bits per heavy atom. The molecule has 29 heavy (non-hydrogen) atoms. The summed E-state index contributed by atoms with van der Waals surface area (Å²) in [5, 5.41) is 8.94. The van der Waals surface area contributed by atoms with Gasteiger partial charge in [-0.3, -0.25) is 4.98 Å². The van der Waals surface area contributed by atoms with E-state index in [1.165, 1.54) is 29.2 Å². The van der Waals surface area contributed by atoms with Crippen molar-refractivity contribution in [3.63, 3.8) is 0 Å². The lowest BCUT2D eigenvalue weighted by atomic mass is 9.98. The topological polar surface area (TPSA) is 59.4 Å². The van der Waals surface area contributed by atoms with E-state index in [9.17, 15) is 18.0 Å². The lowest BCUT2D eigenvalue weighted by Crippen LogP contribution is -2.10. The molecule has 1 aromatic heterocycles. The van der Waals surface area contributed by atoms with Gasteiger partial charge in [-0.1, -0.05) is 18.2 Å². The summed E-state index contributed by atoms with van der Waals surface area (Å²) in [6.07, 6.45) is -2.68. The zero-order valence-corrected chi connectivity index (χ0v) is 16.8. The summed E-state index contributed by atoms with van der Waals surface area (Å²) in [6.45, 7) is 1.11. The van der Waals surface area contributed by atoms with E-state index >= 15 is 0 Å². The van der Waals surface area contributed by atoms with Gasteiger partial charge in [0, 0.05) is 16.8 Å². The van der Waals surface area contributed by atoms with Crippen molar-refractivity contribution in [1.82, 2.24) is 4.98 Å². The van der Waals surface area contributed by atoms with Crippen LogP contribution in [0.5, 0.6) is 5.75 Å². The molecule has 152 valence electrons. The van der Waals surface area contributed by atoms with Crippen LogP contribution in [-0.4, -0.2) is 22.7 Å². The van der Waals surface area contributed by atoms with E-state index in [4.69, 9.17) is 9.84 Å². The predicted octanol–water partition coefficient (Wildman–Crippen LogP) is 5.89. The maximum atomic E-state index is 13.0. The number of ether oxygens (including phenoxy) is 1. The molecule has 0 aliphatic heterocycles. The van der Waals surface area contributed by atoms with Crippen LogP contribution in [0.25, 0.3) is 11.1 Å². The number of thioether (sulfide) groups is 1. The van der Waals surface area contributed by atoms with Crippen molar-refractivity contribution in [3.05, 3.63) is 64.1 Å². The molecule has 0 unspecified atom stereocenters. The number of nitrogens with zero attached hydrogens (tertiary/aromatic N) is 1. The highest BCUT2D eigenvalue weighted by Crippen LogP contribution is 2.42. The summed E-state index contributed by atoms with van der Waals surface area (Å²) in [4.78, 5) is 16.6. The molecule has 1 heterocycles. The molecule has 0 spiro atoms. The molecule has 0 fully saturated rings. The number of alkyl halides is 3. The highest BCUT2D eigenvalue weighted by atomic mass is 32.2. The summed E-state index contributed by atoms with van der Waals surface area (Å²) >= 11 is 2.91. The van der Waals surface area contributed by atoms with Gasteiger partial charge in [-0.25, -0.2) is 4.79 Å². The number of hydrogen-bond acceptors (Lipinski definition) is 5. The zero-order chi connectivity index (χ0) is 21.0. The molecule has 0 amide bonds. The van der Waals surface area contributed by atoms with E-state index in [0.29, 0.717) is 33.1 Å². The van der Waals surface area contributed by atoms with Gasteiger partial charge in [-0.15, -0.1) is 23.1 Å². The molecule has 0 atom stereocenters. The first-order valence-corrected chi connectivity index (χ1v) is 10.3. The van der Waals surface area contributed by atoms with Gasteiger partial charge in [0.2, 0.25) is 0 Å². The standard InChI is InChI=1S/C20H16F3NO3S2/c1-12-7-13(20(21,22)23)5-6-15(12)16-3-2-4-17(27-9-18(25)26)19(16)28-10-14-8-24-11-29-14/h2-8,11H,9-10H2,1H3,(H,25,26). The summed E-state index contributed by atoms with van der Waals surface area (Å²) in [6, 6.07) is 8.73. The lowest BCUT2D eigenvalue weighted by molar-refractivity contribution is -0.139. The van der Waals surface area contributed by atoms with E-state index in [1.807, 2.05) is 0 Å². The molecular weight excluding hydrogens is 423 g/mol. The van der Waals surface area contributed by atoms with E-state index < -0.39 is 24.3 Å². The second-order valence-electron chi connectivity index (χ2n) is 6.10. The number of aryl methyl sites for hydroxylation is 1. The quantitative estimate of drug-likeness (QED) is 0.465. The normalized spacial score (nSPS) is 11.4. The Labute approximate surface area is 173 Å². The molecule has 0 aliphatic rings. The number of thiazole rings is 1. The SMILES string of the molecule is Cc1cc(C(F)(F)F)ccc1-c1cccc(OCC(=O)O)c1SCc1cncs1. The van der Waals surface area contributed by atoms with Crippen molar-refractivity contribution in [2.75, 3.05) is 6.61 Å². The van der Waals surface area contributed by atoms with Crippen LogP contribution < -0.4 is 4.74 Å². The van der Waals surface area contributed by atoms with Crippen LogP contribution >= 0.6 is 23.1 Å². The number of benzene rings is 2. The Kier molecular flexibility index (Phi) is 6.49. The van der Waals surface area contributed by atoms with Crippen LogP contribution in [0.4, 0.5) is 13.2 Å². The fourth-order valence-electron chi connectivity index (χ4n) is 2.73. The maximum absolute atomic E-state index is 13.0. The summed E-state index contributed by atoms with van der Waals surface area (Å²) < 4.78 is 44.5. The van der Waals surface area contributed by atoms with E-state index in [-0.39, 0.29) is 0 Å². The second-order valence-corrected chi connectivity index (χ2v) is 8.06. The number of rotatable bonds is 7. The Hall–Kier alpha value is -2.52. The predicted molar refractivity (Wildman–Crippen MR) is 106 cm³/mol. The molecule has 4 nitrogen and oxygen atoms in total. The van der Waals surface area contributed by atoms with E-state index in [0.717, 1.165) is 17.0 Å². The third-order valence-electron chi connectivity index (χ3n) is 4.02. The molecule has 0 saturated carbocycles. The van der Waals surface area contributed by atoms with Gasteiger partial charge in [0.25, 0.3) is 0 Å². The molecule has 3 aromatic rings. The van der Waals surface area contributed by atoms with Crippen molar-refractivity contribution in [2.45, 2.75) is 23.7 Å². The molecule has 9 heteroatoms. The Morgan fingerprint density at radius 3 is 2.66 bits per heavy atom. The number of carboxylic acids is 1. The fraction of sp³-hybridized carbons (Fsp3) is 0.200. The first kappa shape index (κ1) is 21.2. The molecule has 0 bridgehead atoms. The van der Waals surface area contributed by atoms with E-state index in [1.54, 1.807) is 36.8 Å². The molecule has 0 aliphatic carbocycles. The summed E-state index contributed by atoms with van der Waals surface area (Å²) in [7, 11) is 0. The Bertz CT molecular complexity index is 1000. The minimum atomic E-state index is -4.42. The molecule has 1 N–H and O–H groups in total. The maximum Gasteiger partial charge on any atom is 0.416 e. The third-order valence-corrected chi connectivity index (χ3v) is 6.14. The summed E-state index contributed by atoms with van der Waals surface area (Å²) in [5.41, 5.74) is 2.79. The van der Waals surface area contributed by atoms with Gasteiger partial charge >= 0.3 is 12.1 Å². The van der Waals surface area contributed by atoms with Gasteiger partial charge in [0.05, 0.1) is 16.0 Å². The van der Waals surface area contributed by atoms with E-state index in [2.05, 4.69) is 4.98 Å². The minimum absolute atomic E-state index is 0.374. The van der Waals surface area contributed by atoms with Crippen molar-refractivity contribution in [2.24, 2.45) is 0 Å². The van der Waals surface area contributed by atoms with Crippen LogP contribution in [-0.2, 0) is 16.7 Å². The average Bonchev–Trinajstić information content (AvgIpc) is 3.17. The Balaban J connectivity index is 2.02. The van der Waals surface area contributed by atoms with Crippen LogP contribution in [0.15, 0.2) is 53.0 Å². The minimum Gasteiger partial charge on any atom is -0.481 e. The highest BCUT2D eigenvalue weighted by Gasteiger charge is 2.30. The summed E-state index contributed by atoms with van der Waals surface area (Å²) in [5.74, 6) is -0.164. The number of carboxylic acid groups (broad SMARTS) is 1. The van der Waals surface area contributed by atoms with Crippen molar-refractivity contribution >= 4 is 29.1 Å². The van der Waals surface area contributed by atoms with Gasteiger partial charge in [0.1, 0.15) is 5.75 Å². The van der Waals surface area contributed by atoms with Crippen LogP contribution in [0.1, 0.15) is 16.0 Å². The number of halogens is 3. The zero-order valence-electron chi connectivity index (χ0n) is 15.2. The van der Waals surface area contributed by atoms with Gasteiger partial charge in [0.15, 0.2) is 6.61 Å². The number of aromatic nitrogens is 1. The first-order valence-electron chi connectivity index (χ1n) is 8.41. The third kappa shape index (κ3) is 5.30. The second kappa shape index (κ2) is 8.87. The molecule has 0 radical (unpaired) electrons. The number of aliphatic carboxylic acids is 1. The largest absolute Gasteiger partial charge is 0.481 e. The molecular formula is C20H16F3NO3S2. The smallest absolute Gasteiger partial charge is 0.416 e. The van der Waals surface area contributed by atoms with Gasteiger partial charge in [-0.2, -0.15) is 13.2 Å². The highest BCUT2D eigenvalue weighted by molar-refractivity contribution is 7.98. The molecule has 3 rings (SSSR count). The Morgan fingerprint density at radius 1 is 1.24 bits per heavy atom. The van der Waals surface area contributed by atoms with Crippen molar-refractivity contribution in [1.29, 1.82) is 0 Å². The molecule has 0 saturated heterocycles. The van der Waals surface area contributed by atoms with Gasteiger partial charge < -0.3 is 9.84 Å². The van der Waals surface area contributed by atoms with Gasteiger partial charge in [-0.05, 0) is 41.8 Å². The van der Waals surface area contributed by atoms with Crippen LogP contribution in [0.2, 0.25) is 0 Å². The fourth-order valence-corrected chi connectivity index (χ4v) is 4.52. The average molecular weight is 439 g/mol. The first-order chi connectivity index (χ1) is 13.8. The molecule has 2 aromatic carbocycles. The van der Waals surface area contributed by atoms with Crippen LogP contribution in [0, 0.1) is 6.92 Å². The van der Waals surface area contributed by atoms with Crippen LogP contribution in [0.3, 0.4) is 0 Å². The number of hydrogen-bond donors (Lipinski definition) is 1. The van der Waals surface area contributed by atoms with Crippen molar-refractivity contribution < 1.29 is 27.8 Å².